The number of aryl methyl sites for hydroxylation is 2. The van der Waals surface area contributed by atoms with Crippen LogP contribution in [0.5, 0.6) is 0 Å². The zero-order valence-electron chi connectivity index (χ0n) is 29.9. The Hall–Kier alpha value is -3.01. The first-order valence-corrected chi connectivity index (χ1v) is 21.8. The number of nitrogens with zero attached hydrogens (tertiary/aromatic N) is 2. The number of hydrogen-bond donors (Lipinski definition) is 10. The first kappa shape index (κ1) is 59.3. The zero-order valence-corrected chi connectivity index (χ0v) is 34.0. The van der Waals surface area contributed by atoms with E-state index >= 15 is 0 Å². The van der Waals surface area contributed by atoms with Gasteiger partial charge in [0.2, 0.25) is 20.0 Å². The first-order chi connectivity index (χ1) is 22.5. The minimum atomic E-state index is -4.67. The fourth-order valence-electron chi connectivity index (χ4n) is 3.78. The van der Waals surface area contributed by atoms with Gasteiger partial charge in [0, 0.05) is 35.8 Å². The van der Waals surface area contributed by atoms with Crippen LogP contribution in [0.2, 0.25) is 0 Å². The molecule has 0 aliphatic heterocycles. The van der Waals surface area contributed by atoms with Crippen molar-refractivity contribution in [1.82, 2.24) is 9.44 Å². The molecule has 0 heterocycles. The highest BCUT2D eigenvalue weighted by atomic mass is 32.3. The Kier molecular flexibility index (Phi) is 28.1. The van der Waals surface area contributed by atoms with E-state index in [1.54, 1.807) is 0 Å². The van der Waals surface area contributed by atoms with Gasteiger partial charge in [-0.05, 0) is 89.1 Å². The van der Waals surface area contributed by atoms with Crippen molar-refractivity contribution in [3.8, 4) is 0 Å². The van der Waals surface area contributed by atoms with Crippen LogP contribution in [-0.4, -0.2) is 118 Å². The fraction of sp³-hybridized carbons (Fsp3) is 0.500. The number of sulfonamides is 2. The monoisotopic (exact) mass is 872 g/mol. The molecule has 2 aromatic rings. The van der Waals surface area contributed by atoms with Gasteiger partial charge >= 0.3 is 31.2 Å². The number of hydrogen-bond acceptors (Lipinski definition) is 14. The minimum Gasteiger partial charge on any atom is -0.412 e. The Bertz CT molecular complexity index is 1740. The van der Waals surface area contributed by atoms with Gasteiger partial charge in [0.05, 0.1) is 24.8 Å². The van der Waals surface area contributed by atoms with Gasteiger partial charge in [-0.1, -0.05) is 0 Å². The fourth-order valence-corrected chi connectivity index (χ4v) is 5.28. The summed E-state index contributed by atoms with van der Waals surface area (Å²) in [5, 5.41) is 0. The Labute approximate surface area is 311 Å². The molecule has 0 aliphatic carbocycles. The van der Waals surface area contributed by atoms with Gasteiger partial charge in [-0.3, -0.25) is 27.3 Å². The molecule has 316 valence electrons. The van der Waals surface area contributed by atoms with Crippen molar-refractivity contribution in [2.75, 3.05) is 46.9 Å². The van der Waals surface area contributed by atoms with Gasteiger partial charge < -0.3 is 32.2 Å². The van der Waals surface area contributed by atoms with E-state index in [2.05, 4.69) is 9.44 Å². The van der Waals surface area contributed by atoms with Crippen LogP contribution in [0.25, 0.3) is 0 Å². The predicted molar refractivity (Wildman–Crippen MR) is 202 cm³/mol. The second-order valence-electron chi connectivity index (χ2n) is 10.1. The van der Waals surface area contributed by atoms with E-state index < -0.39 is 51.2 Å². The van der Waals surface area contributed by atoms with Crippen molar-refractivity contribution in [1.29, 1.82) is 0 Å². The third-order valence-corrected chi connectivity index (χ3v) is 7.09. The molecule has 16 N–H and O–H groups in total. The van der Waals surface area contributed by atoms with E-state index in [0.717, 1.165) is 46.4 Å². The van der Waals surface area contributed by atoms with Crippen LogP contribution < -0.4 is 30.7 Å². The maximum Gasteiger partial charge on any atom is 0.394 e. The molecule has 2 rings (SSSR count). The summed E-state index contributed by atoms with van der Waals surface area (Å²) in [4.78, 5) is 3.93. The molecule has 0 bridgehead atoms. The van der Waals surface area contributed by atoms with Gasteiger partial charge in [-0.2, -0.15) is 34.7 Å². The highest BCUT2D eigenvalue weighted by Gasteiger charge is 2.18. The smallest absolute Gasteiger partial charge is 0.394 e. The van der Waals surface area contributed by atoms with E-state index in [1.165, 1.54) is 0 Å². The van der Waals surface area contributed by atoms with E-state index in [-0.39, 0.29) is 23.3 Å². The summed E-state index contributed by atoms with van der Waals surface area (Å²) >= 11 is 0. The Morgan fingerprint density at radius 2 is 0.774 bits per heavy atom. The molecule has 0 spiro atoms. The zero-order chi connectivity index (χ0) is 41.3. The van der Waals surface area contributed by atoms with Gasteiger partial charge in [0.1, 0.15) is 0 Å². The maximum atomic E-state index is 11.3. The van der Waals surface area contributed by atoms with Crippen molar-refractivity contribution in [2.45, 2.75) is 53.9 Å². The van der Waals surface area contributed by atoms with Crippen molar-refractivity contribution in [2.24, 2.45) is 0 Å². The van der Waals surface area contributed by atoms with Crippen molar-refractivity contribution < 1.29 is 80.4 Å². The quantitative estimate of drug-likeness (QED) is 0.0776. The molecule has 29 heteroatoms. The van der Waals surface area contributed by atoms with Crippen LogP contribution >= 0.6 is 0 Å². The third-order valence-electron chi connectivity index (χ3n) is 5.56. The van der Waals surface area contributed by atoms with Gasteiger partial charge in [-0.15, -0.1) is 0 Å². The largest absolute Gasteiger partial charge is 0.412 e. The summed E-state index contributed by atoms with van der Waals surface area (Å²) in [6, 6.07) is 11.4. The lowest BCUT2D eigenvalue weighted by molar-refractivity contribution is 0.378. The third kappa shape index (κ3) is 38.5. The standard InChI is InChI=1S/2C12H21N3O2S.3H2O4S.2H2O/c2*1-5-15(10(3)14-18(4,16)17)11-6-7-12(13)9(2)8-11;3*1-5(2,3)4;;/h2*6-8,10,14H,5,13H2,1-4H3;3*(H2,1,2,3,4);2*1H2. The number of nitrogens with two attached hydrogens (primary N) is 2. The molecule has 0 aromatic heterocycles. The van der Waals surface area contributed by atoms with Crippen LogP contribution in [0.15, 0.2) is 36.4 Å². The molecule has 24 nitrogen and oxygen atoms in total. The molecule has 0 aliphatic rings. The van der Waals surface area contributed by atoms with Crippen LogP contribution in [0.1, 0.15) is 38.8 Å². The highest BCUT2D eigenvalue weighted by molar-refractivity contribution is 7.89. The van der Waals surface area contributed by atoms with Gasteiger partial charge in [0.25, 0.3) is 0 Å². The summed E-state index contributed by atoms with van der Waals surface area (Å²) in [6.07, 6.45) is 1.72. The summed E-state index contributed by atoms with van der Waals surface area (Å²) in [5.41, 5.74) is 16.9. The Morgan fingerprint density at radius 1 is 0.566 bits per heavy atom. The topological polar surface area (TPSA) is 438 Å². The predicted octanol–water partition coefficient (Wildman–Crippen LogP) is -1.01. The number of benzene rings is 2. The minimum absolute atomic E-state index is 0. The van der Waals surface area contributed by atoms with E-state index in [1.807, 2.05) is 87.7 Å². The van der Waals surface area contributed by atoms with Crippen LogP contribution in [0.4, 0.5) is 22.7 Å². The SMILES string of the molecule is CCN(c1ccc(N)c(C)c1)C(C)NS(C)(=O)=O.CCN(c1ccc(N)c(C)c1)C(C)NS(C)(=O)=O.O.O.O=S(=O)(O)O.O=S(=O)(O)O.O=S(=O)(O)O. The van der Waals surface area contributed by atoms with E-state index in [0.29, 0.717) is 13.1 Å². The second kappa shape index (κ2) is 25.1. The maximum absolute atomic E-state index is 11.3. The summed E-state index contributed by atoms with van der Waals surface area (Å²) in [7, 11) is -20.4. The molecule has 0 amide bonds. The molecule has 2 aromatic carbocycles. The molecule has 0 saturated heterocycles. The Morgan fingerprint density at radius 3 is 0.925 bits per heavy atom. The van der Waals surface area contributed by atoms with Crippen LogP contribution in [-0.2, 0) is 51.2 Å². The number of rotatable bonds is 10. The lowest BCUT2D eigenvalue weighted by atomic mass is 10.1. The number of nitrogens with one attached hydrogen (secondary N) is 2. The number of anilines is 4. The molecule has 2 unspecified atom stereocenters. The van der Waals surface area contributed by atoms with Crippen LogP contribution in [0.3, 0.4) is 0 Å². The van der Waals surface area contributed by atoms with Gasteiger partial charge in [0.15, 0.2) is 0 Å². The first-order valence-electron chi connectivity index (χ1n) is 13.8. The second-order valence-corrected chi connectivity index (χ2v) is 16.4. The molecule has 53 heavy (non-hydrogen) atoms. The lowest BCUT2D eigenvalue weighted by Gasteiger charge is -2.30. The summed E-state index contributed by atoms with van der Waals surface area (Å²) < 4.78 is 145. The van der Waals surface area contributed by atoms with Crippen molar-refractivity contribution >= 4 is 74.0 Å². The molecular formula is C24H52N6O18S5. The lowest BCUT2D eigenvalue weighted by Crippen LogP contribution is -2.46. The molecule has 2 atom stereocenters. The average Bonchev–Trinajstić information content (AvgIpc) is 2.84. The number of nitrogen functional groups attached to an aromatic ring is 2. The Balaban J connectivity index is -0.000000205. The molecule has 0 radical (unpaired) electrons. The van der Waals surface area contributed by atoms with Crippen molar-refractivity contribution in [3.63, 3.8) is 0 Å². The average molecular weight is 873 g/mol. The van der Waals surface area contributed by atoms with E-state index in [9.17, 15) is 16.8 Å². The normalized spacial score (nSPS) is 12.3. The van der Waals surface area contributed by atoms with Gasteiger partial charge in [-0.25, -0.2) is 16.8 Å². The van der Waals surface area contributed by atoms with Crippen molar-refractivity contribution in [3.05, 3.63) is 47.5 Å². The highest BCUT2D eigenvalue weighted by Crippen LogP contribution is 2.23. The molecular weight excluding hydrogens is 821 g/mol. The van der Waals surface area contributed by atoms with Crippen LogP contribution in [0, 0.1) is 13.8 Å². The summed E-state index contributed by atoms with van der Waals surface area (Å²) in [5.74, 6) is 0. The summed E-state index contributed by atoms with van der Waals surface area (Å²) in [6.45, 7) is 12.9. The molecule has 0 fully saturated rings. The molecule has 0 saturated carbocycles. The van der Waals surface area contributed by atoms with E-state index in [4.69, 9.17) is 64.0 Å².